The van der Waals surface area contributed by atoms with Crippen LogP contribution in [0.2, 0.25) is 6.04 Å². The molecule has 0 aromatic rings. The molecule has 0 rings (SSSR count). The second kappa shape index (κ2) is 8.37. The number of nitrogens with one attached hydrogen (secondary N) is 1. The van der Waals surface area contributed by atoms with Gasteiger partial charge in [0.25, 0.3) is 0 Å². The Morgan fingerprint density at radius 1 is 0.929 bits per heavy atom. The third kappa shape index (κ3) is 12.1. The normalized spacial score (nSPS) is 12.0. The number of rotatable bonds is 9. The summed E-state index contributed by atoms with van der Waals surface area (Å²) in [4.78, 5) is 26.1. The second-order valence-corrected chi connectivity index (χ2v) is 5.74. The van der Waals surface area contributed by atoms with Crippen LogP contribution in [0.3, 0.4) is 0 Å². The zero-order valence-corrected chi connectivity index (χ0v) is 10.00. The van der Waals surface area contributed by atoms with Crippen molar-refractivity contribution >= 4 is 8.80 Å². The third-order valence-electron chi connectivity index (χ3n) is 2.07. The van der Waals surface area contributed by atoms with Crippen molar-refractivity contribution in [3.8, 4) is 0 Å². The summed E-state index contributed by atoms with van der Waals surface area (Å²) in [5.41, 5.74) is 0. The summed E-state index contributed by atoms with van der Waals surface area (Å²) in [6.07, 6.45) is 5.58. The maximum absolute atomic E-state index is 8.71. The summed E-state index contributed by atoms with van der Waals surface area (Å²) in [5.74, 6) is 0. The van der Waals surface area contributed by atoms with E-state index in [4.69, 9.17) is 14.4 Å². The van der Waals surface area contributed by atoms with Gasteiger partial charge in [0.15, 0.2) is 0 Å². The molecule has 4 N–H and O–H groups in total. The maximum atomic E-state index is 8.71. The Hall–Kier alpha value is 0.0569. The molecule has 0 saturated heterocycles. The molecule has 0 heterocycles. The predicted octanol–water partition coefficient (Wildman–Crippen LogP) is 0.462. The van der Waals surface area contributed by atoms with Crippen LogP contribution in [0.15, 0.2) is 0 Å². The first-order chi connectivity index (χ1) is 6.56. The van der Waals surface area contributed by atoms with Gasteiger partial charge in [0, 0.05) is 6.04 Å². The highest BCUT2D eigenvalue weighted by atomic mass is 28.4. The van der Waals surface area contributed by atoms with Gasteiger partial charge in [0.1, 0.15) is 0 Å². The van der Waals surface area contributed by atoms with Gasteiger partial charge in [-0.2, -0.15) is 0 Å². The Morgan fingerprint density at radius 3 is 2.14 bits per heavy atom. The standard InChI is InChI=1S/C9H23NO3Si/c1-2-3-4-5-7-10-8-6-9-14(11,12)13/h10-13H,2-9H2,1H3. The van der Waals surface area contributed by atoms with E-state index in [1.165, 1.54) is 25.7 Å². The van der Waals surface area contributed by atoms with Gasteiger partial charge in [-0.05, 0) is 25.9 Å². The fourth-order valence-electron chi connectivity index (χ4n) is 1.25. The molecule has 0 atom stereocenters. The minimum atomic E-state index is -3.78. The van der Waals surface area contributed by atoms with E-state index in [1.807, 2.05) is 0 Å². The van der Waals surface area contributed by atoms with E-state index in [9.17, 15) is 0 Å². The van der Waals surface area contributed by atoms with Crippen molar-refractivity contribution in [2.24, 2.45) is 0 Å². The molecule has 0 fully saturated rings. The number of hydrogen-bond donors (Lipinski definition) is 4. The minimum Gasteiger partial charge on any atom is -0.390 e. The molecule has 0 aliphatic heterocycles. The summed E-state index contributed by atoms with van der Waals surface area (Å²) in [6.45, 7) is 3.92. The Kier molecular flexibility index (Phi) is 8.41. The molecule has 0 aromatic carbocycles. The maximum Gasteiger partial charge on any atom is 0.492 e. The van der Waals surface area contributed by atoms with Gasteiger partial charge < -0.3 is 19.7 Å². The molecular weight excluding hydrogens is 198 g/mol. The first-order valence-electron chi connectivity index (χ1n) is 5.44. The zero-order valence-electron chi connectivity index (χ0n) is 9.00. The van der Waals surface area contributed by atoms with E-state index >= 15 is 0 Å². The summed E-state index contributed by atoms with van der Waals surface area (Å²) in [6, 6.07) is 0.134. The van der Waals surface area contributed by atoms with Crippen molar-refractivity contribution in [3.05, 3.63) is 0 Å². The highest BCUT2D eigenvalue weighted by molar-refractivity contribution is 6.56. The summed E-state index contributed by atoms with van der Waals surface area (Å²) in [5, 5.41) is 3.21. The molecule has 0 aliphatic rings. The van der Waals surface area contributed by atoms with Crippen LogP contribution >= 0.6 is 0 Å². The minimum absolute atomic E-state index is 0.134. The highest BCUT2D eigenvalue weighted by Gasteiger charge is 2.25. The first-order valence-corrected chi connectivity index (χ1v) is 7.49. The lowest BCUT2D eigenvalue weighted by Gasteiger charge is -2.09. The summed E-state index contributed by atoms with van der Waals surface area (Å²) >= 11 is 0. The van der Waals surface area contributed by atoms with Gasteiger partial charge >= 0.3 is 8.80 Å². The van der Waals surface area contributed by atoms with Crippen LogP contribution in [0.25, 0.3) is 0 Å². The Bertz CT molecular complexity index is 128. The van der Waals surface area contributed by atoms with Crippen molar-refractivity contribution in [1.29, 1.82) is 0 Å². The summed E-state index contributed by atoms with van der Waals surface area (Å²) < 4.78 is 0. The molecule has 0 aromatic heterocycles. The average molecular weight is 221 g/mol. The fraction of sp³-hybridized carbons (Fsp3) is 1.00. The SMILES string of the molecule is CCCCCCNCCC[Si](O)(O)O. The molecule has 0 bridgehead atoms. The summed E-state index contributed by atoms with van der Waals surface area (Å²) in [7, 11) is -3.78. The zero-order chi connectivity index (χ0) is 10.9. The van der Waals surface area contributed by atoms with Crippen molar-refractivity contribution in [1.82, 2.24) is 5.32 Å². The van der Waals surface area contributed by atoms with Crippen molar-refractivity contribution in [2.45, 2.75) is 45.1 Å². The largest absolute Gasteiger partial charge is 0.492 e. The van der Waals surface area contributed by atoms with E-state index in [-0.39, 0.29) is 6.04 Å². The molecular formula is C9H23NO3Si. The van der Waals surface area contributed by atoms with Crippen LogP contribution in [0.1, 0.15) is 39.0 Å². The van der Waals surface area contributed by atoms with Gasteiger partial charge in [0.2, 0.25) is 0 Å². The molecule has 0 amide bonds. The molecule has 0 spiro atoms. The van der Waals surface area contributed by atoms with Gasteiger partial charge in [-0.25, -0.2) is 0 Å². The number of hydrogen-bond acceptors (Lipinski definition) is 4. The predicted molar refractivity (Wildman–Crippen MR) is 58.8 cm³/mol. The molecule has 4 nitrogen and oxygen atoms in total. The van der Waals surface area contributed by atoms with E-state index in [0.29, 0.717) is 6.42 Å². The van der Waals surface area contributed by atoms with E-state index in [0.717, 1.165) is 13.1 Å². The van der Waals surface area contributed by atoms with Gasteiger partial charge in [-0.3, -0.25) is 0 Å². The van der Waals surface area contributed by atoms with Crippen LogP contribution in [-0.2, 0) is 0 Å². The third-order valence-corrected chi connectivity index (χ3v) is 3.10. The topological polar surface area (TPSA) is 72.7 Å². The van der Waals surface area contributed by atoms with E-state index in [2.05, 4.69) is 12.2 Å². The van der Waals surface area contributed by atoms with Gasteiger partial charge in [0.05, 0.1) is 0 Å². The fourth-order valence-corrected chi connectivity index (χ4v) is 1.90. The lowest BCUT2D eigenvalue weighted by atomic mass is 10.2. The molecule has 5 heteroatoms. The van der Waals surface area contributed by atoms with Crippen molar-refractivity contribution in [2.75, 3.05) is 13.1 Å². The lowest BCUT2D eigenvalue weighted by Crippen LogP contribution is -2.35. The molecule has 0 radical (unpaired) electrons. The van der Waals surface area contributed by atoms with Crippen molar-refractivity contribution in [3.63, 3.8) is 0 Å². The van der Waals surface area contributed by atoms with Crippen LogP contribution in [0.5, 0.6) is 0 Å². The molecule has 0 aliphatic carbocycles. The molecule has 0 unspecified atom stereocenters. The Morgan fingerprint density at radius 2 is 1.57 bits per heavy atom. The van der Waals surface area contributed by atoms with Crippen LogP contribution in [-0.4, -0.2) is 36.3 Å². The molecule has 0 saturated carbocycles. The Balaban J connectivity index is 2.99. The monoisotopic (exact) mass is 221 g/mol. The van der Waals surface area contributed by atoms with Crippen molar-refractivity contribution < 1.29 is 14.4 Å². The quantitative estimate of drug-likeness (QED) is 0.337. The molecule has 14 heavy (non-hydrogen) atoms. The van der Waals surface area contributed by atoms with Crippen LogP contribution in [0.4, 0.5) is 0 Å². The molecule has 86 valence electrons. The lowest BCUT2D eigenvalue weighted by molar-refractivity contribution is 0.226. The highest BCUT2D eigenvalue weighted by Crippen LogP contribution is 2.00. The van der Waals surface area contributed by atoms with E-state index in [1.54, 1.807) is 0 Å². The second-order valence-electron chi connectivity index (χ2n) is 3.69. The van der Waals surface area contributed by atoms with Crippen LogP contribution < -0.4 is 5.32 Å². The first kappa shape index (κ1) is 14.1. The number of unbranched alkanes of at least 4 members (excludes halogenated alkanes) is 3. The average Bonchev–Trinajstić information content (AvgIpc) is 2.08. The van der Waals surface area contributed by atoms with Gasteiger partial charge in [-0.15, -0.1) is 0 Å². The van der Waals surface area contributed by atoms with Crippen LogP contribution in [0, 0.1) is 0 Å². The van der Waals surface area contributed by atoms with Gasteiger partial charge in [-0.1, -0.05) is 26.2 Å². The van der Waals surface area contributed by atoms with E-state index < -0.39 is 8.80 Å². The smallest absolute Gasteiger partial charge is 0.390 e. The Labute approximate surface area is 87.3 Å².